The zero-order valence-electron chi connectivity index (χ0n) is 14.6. The number of halogens is 2. The van der Waals surface area contributed by atoms with Crippen LogP contribution in [0.1, 0.15) is 51.0 Å². The van der Waals surface area contributed by atoms with Crippen molar-refractivity contribution < 1.29 is 0 Å². The fraction of sp³-hybridized carbons (Fsp3) is 0.600. The molecule has 1 aromatic rings. The molecule has 0 heterocycles. The molecule has 0 saturated heterocycles. The molecule has 136 valence electrons. The van der Waals surface area contributed by atoms with Crippen LogP contribution in [0, 0.1) is 11.8 Å². The highest BCUT2D eigenvalue weighted by Gasteiger charge is 2.39. The van der Waals surface area contributed by atoms with E-state index in [2.05, 4.69) is 48.6 Å². The summed E-state index contributed by atoms with van der Waals surface area (Å²) >= 11 is 0. The zero-order valence-corrected chi connectivity index (χ0v) is 16.3. The Kier molecular flexibility index (Phi) is 9.36. The first-order valence-electron chi connectivity index (χ1n) is 9.00. The summed E-state index contributed by atoms with van der Waals surface area (Å²) in [6.45, 7) is 3.48. The molecule has 0 radical (unpaired) electrons. The SMILES string of the molecule is CCC(=Cc1ccccc1)C1CC1NCC1CCC(N)CC1.Cl.Cl. The molecule has 2 aliphatic carbocycles. The summed E-state index contributed by atoms with van der Waals surface area (Å²) in [5, 5.41) is 3.81. The predicted molar refractivity (Wildman–Crippen MR) is 109 cm³/mol. The molecule has 0 spiro atoms. The quantitative estimate of drug-likeness (QED) is 0.752. The van der Waals surface area contributed by atoms with Gasteiger partial charge in [0, 0.05) is 12.1 Å². The van der Waals surface area contributed by atoms with Gasteiger partial charge in [-0.05, 0) is 62.5 Å². The molecule has 2 saturated carbocycles. The maximum Gasteiger partial charge on any atom is 0.0140 e. The average molecular weight is 371 g/mol. The second-order valence-corrected chi connectivity index (χ2v) is 7.12. The van der Waals surface area contributed by atoms with Gasteiger partial charge < -0.3 is 11.1 Å². The number of hydrogen-bond donors (Lipinski definition) is 2. The number of benzene rings is 1. The molecule has 0 aromatic heterocycles. The Bertz CT molecular complexity index is 496. The lowest BCUT2D eigenvalue weighted by Crippen LogP contribution is -2.32. The normalized spacial score (nSPS) is 29.3. The van der Waals surface area contributed by atoms with Gasteiger partial charge in [0.15, 0.2) is 0 Å². The zero-order chi connectivity index (χ0) is 15.4. The van der Waals surface area contributed by atoms with E-state index in [1.54, 1.807) is 5.57 Å². The highest BCUT2D eigenvalue weighted by molar-refractivity contribution is 5.85. The van der Waals surface area contributed by atoms with Crippen molar-refractivity contribution >= 4 is 30.9 Å². The summed E-state index contributed by atoms with van der Waals surface area (Å²) in [4.78, 5) is 0. The van der Waals surface area contributed by atoms with E-state index < -0.39 is 0 Å². The highest BCUT2D eigenvalue weighted by atomic mass is 35.5. The first kappa shape index (κ1) is 21.5. The minimum atomic E-state index is 0. The summed E-state index contributed by atoms with van der Waals surface area (Å²) in [6, 6.07) is 11.9. The van der Waals surface area contributed by atoms with Crippen molar-refractivity contribution in [2.45, 2.75) is 57.5 Å². The number of nitrogens with one attached hydrogen (secondary N) is 1. The Balaban J connectivity index is 0.00000144. The van der Waals surface area contributed by atoms with Gasteiger partial charge in [-0.3, -0.25) is 0 Å². The maximum absolute atomic E-state index is 5.99. The van der Waals surface area contributed by atoms with E-state index in [1.165, 1.54) is 44.2 Å². The van der Waals surface area contributed by atoms with E-state index in [9.17, 15) is 0 Å². The Hall–Kier alpha value is -0.540. The first-order chi connectivity index (χ1) is 10.8. The molecule has 2 unspecified atom stereocenters. The molecule has 3 rings (SSSR count). The van der Waals surface area contributed by atoms with Gasteiger partial charge in [0.25, 0.3) is 0 Å². The molecule has 24 heavy (non-hydrogen) atoms. The van der Waals surface area contributed by atoms with Crippen LogP contribution in [-0.4, -0.2) is 18.6 Å². The molecule has 0 bridgehead atoms. The van der Waals surface area contributed by atoms with Crippen LogP contribution in [0.5, 0.6) is 0 Å². The van der Waals surface area contributed by atoms with Crippen LogP contribution in [0.4, 0.5) is 0 Å². The molecular weight excluding hydrogens is 339 g/mol. The summed E-state index contributed by atoms with van der Waals surface area (Å²) < 4.78 is 0. The van der Waals surface area contributed by atoms with Crippen LogP contribution in [0.2, 0.25) is 0 Å². The maximum atomic E-state index is 5.99. The van der Waals surface area contributed by atoms with Gasteiger partial charge >= 0.3 is 0 Å². The minimum absolute atomic E-state index is 0. The predicted octanol–water partition coefficient (Wildman–Crippen LogP) is 4.82. The van der Waals surface area contributed by atoms with Crippen molar-refractivity contribution in [2.24, 2.45) is 17.6 Å². The summed E-state index contributed by atoms with van der Waals surface area (Å²) in [6.07, 6.45) is 9.93. The van der Waals surface area contributed by atoms with E-state index in [0.717, 1.165) is 18.3 Å². The summed E-state index contributed by atoms with van der Waals surface area (Å²) in [7, 11) is 0. The van der Waals surface area contributed by atoms with Gasteiger partial charge in [-0.25, -0.2) is 0 Å². The van der Waals surface area contributed by atoms with Crippen LogP contribution in [0.3, 0.4) is 0 Å². The first-order valence-corrected chi connectivity index (χ1v) is 9.00. The van der Waals surface area contributed by atoms with Crippen LogP contribution < -0.4 is 11.1 Å². The third-order valence-electron chi connectivity index (χ3n) is 5.39. The third kappa shape index (κ3) is 6.07. The molecule has 0 amide bonds. The van der Waals surface area contributed by atoms with E-state index >= 15 is 0 Å². The van der Waals surface area contributed by atoms with E-state index in [0.29, 0.717) is 12.1 Å². The molecule has 3 N–H and O–H groups in total. The molecule has 2 nitrogen and oxygen atoms in total. The smallest absolute Gasteiger partial charge is 0.0140 e. The van der Waals surface area contributed by atoms with Gasteiger partial charge in [0.1, 0.15) is 0 Å². The Labute approximate surface area is 159 Å². The number of rotatable bonds is 6. The van der Waals surface area contributed by atoms with Crippen LogP contribution in [0.15, 0.2) is 35.9 Å². The third-order valence-corrected chi connectivity index (χ3v) is 5.39. The van der Waals surface area contributed by atoms with Crippen molar-refractivity contribution in [3.63, 3.8) is 0 Å². The largest absolute Gasteiger partial charge is 0.328 e. The lowest BCUT2D eigenvalue weighted by molar-refractivity contribution is 0.313. The fourth-order valence-corrected chi connectivity index (χ4v) is 3.78. The second kappa shape index (κ2) is 10.5. The average Bonchev–Trinajstić information content (AvgIpc) is 3.32. The molecule has 2 fully saturated rings. The van der Waals surface area contributed by atoms with Gasteiger partial charge in [0.2, 0.25) is 0 Å². The lowest BCUT2D eigenvalue weighted by Gasteiger charge is -2.26. The molecule has 2 aliphatic rings. The minimum Gasteiger partial charge on any atom is -0.328 e. The van der Waals surface area contributed by atoms with Crippen molar-refractivity contribution in [3.8, 4) is 0 Å². The van der Waals surface area contributed by atoms with Gasteiger partial charge in [-0.15, -0.1) is 24.8 Å². The molecule has 2 atom stereocenters. The van der Waals surface area contributed by atoms with Crippen LogP contribution in [-0.2, 0) is 0 Å². The van der Waals surface area contributed by atoms with Crippen molar-refractivity contribution in [1.82, 2.24) is 5.32 Å². The standard InChI is InChI=1S/C20H30N2.2ClH/c1-2-17(12-15-6-4-3-5-7-15)19-13-20(19)22-14-16-8-10-18(21)11-9-16;;/h3-7,12,16,18-20,22H,2,8-11,13-14,21H2,1H3;2*1H. The topological polar surface area (TPSA) is 38.0 Å². The monoisotopic (exact) mass is 370 g/mol. The fourth-order valence-electron chi connectivity index (χ4n) is 3.78. The Morgan fingerprint density at radius 2 is 1.79 bits per heavy atom. The highest BCUT2D eigenvalue weighted by Crippen LogP contribution is 2.40. The summed E-state index contributed by atoms with van der Waals surface area (Å²) in [5.74, 6) is 1.61. The van der Waals surface area contributed by atoms with Gasteiger partial charge in [-0.1, -0.05) is 48.9 Å². The van der Waals surface area contributed by atoms with Gasteiger partial charge in [0.05, 0.1) is 0 Å². The van der Waals surface area contributed by atoms with Crippen LogP contribution in [0.25, 0.3) is 6.08 Å². The number of nitrogens with two attached hydrogens (primary N) is 1. The number of hydrogen-bond acceptors (Lipinski definition) is 2. The molecule has 4 heteroatoms. The molecule has 0 aliphatic heterocycles. The van der Waals surface area contributed by atoms with E-state index in [-0.39, 0.29) is 24.8 Å². The summed E-state index contributed by atoms with van der Waals surface area (Å²) in [5.41, 5.74) is 8.94. The van der Waals surface area contributed by atoms with E-state index in [4.69, 9.17) is 5.73 Å². The Morgan fingerprint density at radius 1 is 1.12 bits per heavy atom. The van der Waals surface area contributed by atoms with Gasteiger partial charge in [-0.2, -0.15) is 0 Å². The van der Waals surface area contributed by atoms with Crippen molar-refractivity contribution in [1.29, 1.82) is 0 Å². The molecular formula is C20H32Cl2N2. The second-order valence-electron chi connectivity index (χ2n) is 7.12. The molecule has 1 aromatic carbocycles. The van der Waals surface area contributed by atoms with Crippen molar-refractivity contribution in [3.05, 3.63) is 41.5 Å². The Morgan fingerprint density at radius 3 is 2.42 bits per heavy atom. The lowest BCUT2D eigenvalue weighted by atomic mass is 9.86. The van der Waals surface area contributed by atoms with Crippen molar-refractivity contribution in [2.75, 3.05) is 6.54 Å². The van der Waals surface area contributed by atoms with Crippen LogP contribution >= 0.6 is 24.8 Å². The van der Waals surface area contributed by atoms with E-state index in [1.807, 2.05) is 0 Å².